The van der Waals surface area contributed by atoms with E-state index in [1.165, 1.54) is 16.8 Å². The van der Waals surface area contributed by atoms with E-state index in [-0.39, 0.29) is 0 Å². The van der Waals surface area contributed by atoms with E-state index < -0.39 is 0 Å². The smallest absolute Gasteiger partial charge is 0.0985 e. The fourth-order valence-electron chi connectivity index (χ4n) is 2.78. The molecule has 2 N–H and O–H groups in total. The highest BCUT2D eigenvalue weighted by Crippen LogP contribution is 2.27. The van der Waals surface area contributed by atoms with E-state index >= 15 is 0 Å². The van der Waals surface area contributed by atoms with Crippen molar-refractivity contribution < 1.29 is 0 Å². The number of rotatable bonds is 7. The van der Waals surface area contributed by atoms with Gasteiger partial charge >= 0.3 is 0 Å². The highest BCUT2D eigenvalue weighted by atomic mass is 14.9. The Labute approximate surface area is 202 Å². The largest absolute Gasteiger partial charge is 0.381 e. The zero-order chi connectivity index (χ0) is 25.6. The molecule has 0 fully saturated rings. The van der Waals surface area contributed by atoms with E-state index in [9.17, 15) is 0 Å². The summed E-state index contributed by atoms with van der Waals surface area (Å²) >= 11 is 0. The summed E-state index contributed by atoms with van der Waals surface area (Å²) in [7, 11) is 0. The third-order valence-corrected chi connectivity index (χ3v) is 4.75. The van der Waals surface area contributed by atoms with Gasteiger partial charge in [0, 0.05) is 29.2 Å². The van der Waals surface area contributed by atoms with Crippen LogP contribution in [-0.2, 0) is 13.0 Å². The van der Waals surface area contributed by atoms with Crippen molar-refractivity contribution in [1.82, 2.24) is 5.32 Å². The van der Waals surface area contributed by atoms with Gasteiger partial charge in [-0.1, -0.05) is 76.1 Å². The van der Waals surface area contributed by atoms with E-state index in [0.29, 0.717) is 5.57 Å². The van der Waals surface area contributed by atoms with Crippen LogP contribution in [0.25, 0.3) is 0 Å². The second-order valence-electron chi connectivity index (χ2n) is 8.04. The summed E-state index contributed by atoms with van der Waals surface area (Å²) in [5.41, 5.74) is 10.3. The molecule has 3 heteroatoms. The number of allylic oxidation sites excluding steroid dienone is 7. The lowest BCUT2D eigenvalue weighted by molar-refractivity contribution is 0.825. The molecule has 0 bridgehead atoms. The van der Waals surface area contributed by atoms with Crippen LogP contribution in [-0.4, -0.2) is 0 Å². The Morgan fingerprint density at radius 3 is 2.21 bits per heavy atom. The average Bonchev–Trinajstić information content (AvgIpc) is 2.78. The van der Waals surface area contributed by atoms with Gasteiger partial charge in [0.1, 0.15) is 0 Å². The van der Waals surface area contributed by atoms with Crippen LogP contribution in [0, 0.1) is 11.3 Å². The lowest BCUT2D eigenvalue weighted by Crippen LogP contribution is -2.14. The van der Waals surface area contributed by atoms with E-state index in [1.54, 1.807) is 6.08 Å². The Hall–Kier alpha value is -3.51. The quantitative estimate of drug-likeness (QED) is 0.329. The van der Waals surface area contributed by atoms with Crippen molar-refractivity contribution in [2.45, 2.75) is 60.9 Å². The lowest BCUT2D eigenvalue weighted by atomic mass is 9.99. The first-order valence-corrected chi connectivity index (χ1v) is 11.3. The first-order valence-electron chi connectivity index (χ1n) is 11.3. The second-order valence-corrected chi connectivity index (χ2v) is 8.04. The Bertz CT molecular complexity index is 990. The highest BCUT2D eigenvalue weighted by Gasteiger charge is 2.11. The second kappa shape index (κ2) is 15.3. The number of aryl methyl sites for hydroxylation is 1. The van der Waals surface area contributed by atoms with Gasteiger partial charge in [0.15, 0.2) is 0 Å². The summed E-state index contributed by atoms with van der Waals surface area (Å²) in [6, 6.07) is 8.45. The minimum absolute atomic E-state index is 0.519. The Balaban J connectivity index is 0.000000868. The van der Waals surface area contributed by atoms with Crippen LogP contribution in [0.5, 0.6) is 0 Å². The molecule has 0 atom stereocenters. The van der Waals surface area contributed by atoms with Crippen LogP contribution in [0.3, 0.4) is 0 Å². The lowest BCUT2D eigenvalue weighted by Gasteiger charge is -2.21. The molecule has 0 saturated heterocycles. The number of anilines is 1. The molecule has 1 heterocycles. The molecule has 1 aliphatic heterocycles. The Morgan fingerprint density at radius 2 is 1.70 bits per heavy atom. The van der Waals surface area contributed by atoms with Gasteiger partial charge in [0.05, 0.1) is 6.07 Å². The van der Waals surface area contributed by atoms with Crippen LogP contribution in [0.15, 0.2) is 103 Å². The molecule has 1 aliphatic rings. The van der Waals surface area contributed by atoms with Crippen molar-refractivity contribution in [3.63, 3.8) is 0 Å². The Kier molecular flexibility index (Phi) is 13.7. The summed E-state index contributed by atoms with van der Waals surface area (Å²) in [6.45, 7) is 32.2. The highest BCUT2D eigenvalue weighted by molar-refractivity contribution is 5.59. The number of nitrogens with one attached hydrogen (secondary N) is 2. The summed E-state index contributed by atoms with van der Waals surface area (Å²) in [5, 5.41) is 14.9. The van der Waals surface area contributed by atoms with Crippen molar-refractivity contribution in [3.8, 4) is 6.07 Å². The van der Waals surface area contributed by atoms with Gasteiger partial charge in [0.25, 0.3) is 0 Å². The number of fused-ring (bicyclic) bond motifs is 1. The van der Waals surface area contributed by atoms with Gasteiger partial charge in [-0.2, -0.15) is 5.26 Å². The zero-order valence-electron chi connectivity index (χ0n) is 21.5. The molecule has 176 valence electrons. The number of nitrogens with zero attached hydrogens (tertiary/aromatic N) is 1. The third-order valence-electron chi connectivity index (χ3n) is 4.75. The maximum atomic E-state index is 8.19. The van der Waals surface area contributed by atoms with Crippen LogP contribution in [0.4, 0.5) is 5.69 Å². The molecule has 33 heavy (non-hydrogen) atoms. The molecule has 0 saturated carbocycles. The summed E-state index contributed by atoms with van der Waals surface area (Å²) in [4.78, 5) is 0. The fraction of sp³-hybridized carbons (Fsp3) is 0.300. The van der Waals surface area contributed by atoms with Crippen molar-refractivity contribution >= 4 is 5.69 Å². The molecule has 0 aromatic heterocycles. The van der Waals surface area contributed by atoms with Gasteiger partial charge in [0.2, 0.25) is 0 Å². The van der Waals surface area contributed by atoms with Crippen molar-refractivity contribution in [3.05, 3.63) is 114 Å². The fourth-order valence-corrected chi connectivity index (χ4v) is 2.78. The van der Waals surface area contributed by atoms with E-state index in [1.807, 2.05) is 53.7 Å². The number of benzene rings is 1. The van der Waals surface area contributed by atoms with Crippen LogP contribution in [0.1, 0.15) is 59.1 Å². The number of hydrogen-bond donors (Lipinski definition) is 2. The standard InChI is InChI=1S/C21H26N2.C7H9N.C2H6/c1-14(2)15(3)11-16(4)18(6)22-13-19-8-10-20-9-7-17(5)23-21(20)12-19;1-6(2)4-7(3)5-8;1-2/h8,10-12,22-23H,1,4-7,9,13H2,2-3H3;4H,3H2,1-2H3;1-2H3/b15-11+;;. The molecule has 0 aliphatic carbocycles. The third kappa shape index (κ3) is 11.6. The summed E-state index contributed by atoms with van der Waals surface area (Å²) in [5.74, 6) is 0. The van der Waals surface area contributed by atoms with Gasteiger partial charge in [-0.05, 0) is 75.0 Å². The number of hydrogen-bond acceptors (Lipinski definition) is 3. The minimum Gasteiger partial charge on any atom is -0.381 e. The van der Waals surface area contributed by atoms with E-state index in [0.717, 1.165) is 53.1 Å². The summed E-state index contributed by atoms with van der Waals surface area (Å²) in [6.07, 6.45) is 5.83. The first kappa shape index (κ1) is 29.5. The van der Waals surface area contributed by atoms with Crippen molar-refractivity contribution in [2.24, 2.45) is 0 Å². The molecule has 3 nitrogen and oxygen atoms in total. The van der Waals surface area contributed by atoms with E-state index in [2.05, 4.69) is 61.7 Å². The van der Waals surface area contributed by atoms with Gasteiger partial charge in [-0.25, -0.2) is 0 Å². The topological polar surface area (TPSA) is 47.9 Å². The molecule has 0 spiro atoms. The summed E-state index contributed by atoms with van der Waals surface area (Å²) < 4.78 is 0. The molecule has 0 radical (unpaired) electrons. The van der Waals surface area contributed by atoms with Gasteiger partial charge in [-0.3, -0.25) is 0 Å². The van der Waals surface area contributed by atoms with Crippen LogP contribution < -0.4 is 10.6 Å². The van der Waals surface area contributed by atoms with Gasteiger partial charge < -0.3 is 10.6 Å². The minimum atomic E-state index is 0.519. The number of nitriles is 1. The van der Waals surface area contributed by atoms with E-state index in [4.69, 9.17) is 5.26 Å². The first-order chi connectivity index (χ1) is 15.5. The molecule has 1 aromatic rings. The predicted molar refractivity (Wildman–Crippen MR) is 147 cm³/mol. The maximum absolute atomic E-state index is 8.19. The van der Waals surface area contributed by atoms with Gasteiger partial charge in [-0.15, -0.1) is 0 Å². The SMILES string of the molecule is C=C(C#N)C=C(C)C.C=C1CCc2ccc(CNC(=C)C(=C)/C=C(\C)C(=C)C)cc2N1.CC. The maximum Gasteiger partial charge on any atom is 0.0985 e. The molecule has 2 rings (SSSR count). The normalized spacial score (nSPS) is 11.5. The predicted octanol–water partition coefficient (Wildman–Crippen LogP) is 8.30. The van der Waals surface area contributed by atoms with Crippen molar-refractivity contribution in [2.75, 3.05) is 5.32 Å². The molecular weight excluding hydrogens is 402 g/mol. The van der Waals surface area contributed by atoms with Crippen molar-refractivity contribution in [1.29, 1.82) is 5.26 Å². The monoisotopic (exact) mass is 443 g/mol. The molecule has 0 unspecified atom stereocenters. The molecule has 1 aromatic carbocycles. The van der Waals surface area contributed by atoms with Crippen LogP contribution in [0.2, 0.25) is 0 Å². The molecule has 0 amide bonds. The zero-order valence-corrected chi connectivity index (χ0v) is 21.5. The van der Waals surface area contributed by atoms with Crippen LogP contribution >= 0.6 is 0 Å². The Morgan fingerprint density at radius 1 is 1.06 bits per heavy atom. The average molecular weight is 444 g/mol. The molecular formula is C30H41N3.